The molecule has 0 radical (unpaired) electrons. The molecular formula is C15H16N6O3S. The van der Waals surface area contributed by atoms with Crippen LogP contribution in [0.4, 0.5) is 0 Å². The molecule has 0 aliphatic carbocycles. The first-order valence-electron chi connectivity index (χ1n) is 7.52. The minimum absolute atomic E-state index is 0.141. The van der Waals surface area contributed by atoms with Gasteiger partial charge in [-0.1, -0.05) is 12.1 Å². The van der Waals surface area contributed by atoms with Crippen LogP contribution in [-0.2, 0) is 20.9 Å². The quantitative estimate of drug-likeness (QED) is 0.605. The summed E-state index contributed by atoms with van der Waals surface area (Å²) in [6, 6.07) is 7.59. The van der Waals surface area contributed by atoms with E-state index in [0.717, 1.165) is 15.2 Å². The van der Waals surface area contributed by atoms with Crippen LogP contribution in [0.3, 0.4) is 0 Å². The molecule has 0 saturated carbocycles. The number of aromatic nitrogens is 5. The van der Waals surface area contributed by atoms with Crippen molar-refractivity contribution in [1.82, 2.24) is 30.1 Å². The van der Waals surface area contributed by atoms with E-state index in [1.54, 1.807) is 18.4 Å². The van der Waals surface area contributed by atoms with Crippen LogP contribution in [0.25, 0.3) is 10.2 Å². The number of likely N-dealkylation sites (N-methyl/N-ethyl adjacent to an activating group) is 1. The van der Waals surface area contributed by atoms with Gasteiger partial charge in [0.1, 0.15) is 17.9 Å². The Morgan fingerprint density at radius 2 is 2.16 bits per heavy atom. The van der Waals surface area contributed by atoms with Crippen LogP contribution in [0.1, 0.15) is 18.0 Å². The molecule has 0 spiro atoms. The smallest absolute Gasteiger partial charge is 0.328 e. The zero-order valence-corrected chi connectivity index (χ0v) is 14.5. The van der Waals surface area contributed by atoms with Gasteiger partial charge in [-0.2, -0.15) is 0 Å². The predicted molar refractivity (Wildman–Crippen MR) is 89.6 cm³/mol. The Kier molecular flexibility index (Phi) is 4.98. The van der Waals surface area contributed by atoms with Crippen molar-refractivity contribution >= 4 is 33.4 Å². The highest BCUT2D eigenvalue weighted by Crippen LogP contribution is 2.28. The molecule has 3 rings (SSSR count). The summed E-state index contributed by atoms with van der Waals surface area (Å²) in [5.74, 6) is -0.890. The number of fused-ring (bicyclic) bond motifs is 1. The van der Waals surface area contributed by atoms with Crippen molar-refractivity contribution in [2.45, 2.75) is 19.5 Å². The first-order chi connectivity index (χ1) is 12.0. The molecule has 1 atom stereocenters. The number of benzene rings is 1. The number of hydrogen-bond donors (Lipinski definition) is 0. The molecule has 1 aromatic carbocycles. The van der Waals surface area contributed by atoms with E-state index in [0.29, 0.717) is 0 Å². The molecule has 0 aliphatic heterocycles. The third-order valence-corrected chi connectivity index (χ3v) is 4.89. The number of hydrogen-bond acceptors (Lipinski definition) is 8. The van der Waals surface area contributed by atoms with E-state index in [-0.39, 0.29) is 25.1 Å². The van der Waals surface area contributed by atoms with Gasteiger partial charge in [-0.3, -0.25) is 9.59 Å². The number of carbonyl (C=O) groups is 2. The van der Waals surface area contributed by atoms with Crippen molar-refractivity contribution in [3.8, 4) is 0 Å². The van der Waals surface area contributed by atoms with Crippen LogP contribution in [-0.4, -0.2) is 55.6 Å². The Morgan fingerprint density at radius 1 is 1.36 bits per heavy atom. The van der Waals surface area contributed by atoms with Crippen LogP contribution < -0.4 is 0 Å². The van der Waals surface area contributed by atoms with E-state index in [1.807, 2.05) is 31.2 Å². The summed E-state index contributed by atoms with van der Waals surface area (Å²) in [6.07, 6.45) is 1.30. The van der Waals surface area contributed by atoms with Crippen LogP contribution in [0.15, 0.2) is 30.6 Å². The SMILES string of the molecule is C[C@H](c1nc2ccccc2s1)N(C)C(=O)COC(=O)Cn1cnnn1. The molecule has 0 bridgehead atoms. The molecule has 0 saturated heterocycles. The molecule has 3 aromatic rings. The second kappa shape index (κ2) is 7.34. The van der Waals surface area contributed by atoms with Crippen molar-refractivity contribution in [3.63, 3.8) is 0 Å². The standard InChI is InChI=1S/C15H16N6O3S/c1-10(15-17-11-5-3-4-6-12(11)25-15)20(2)13(22)8-24-14(23)7-21-9-16-18-19-21/h3-6,9-10H,7-8H2,1-2H3/t10-/m1/s1. The van der Waals surface area contributed by atoms with Gasteiger partial charge in [-0.15, -0.1) is 16.4 Å². The highest BCUT2D eigenvalue weighted by atomic mass is 32.1. The minimum Gasteiger partial charge on any atom is -0.454 e. The average Bonchev–Trinajstić information content (AvgIpc) is 3.27. The molecule has 2 heterocycles. The summed E-state index contributed by atoms with van der Waals surface area (Å²) in [7, 11) is 1.66. The first-order valence-corrected chi connectivity index (χ1v) is 8.34. The summed E-state index contributed by atoms with van der Waals surface area (Å²) in [4.78, 5) is 30.0. The molecule has 2 aromatic heterocycles. The van der Waals surface area contributed by atoms with Crippen molar-refractivity contribution in [3.05, 3.63) is 35.6 Å². The van der Waals surface area contributed by atoms with Gasteiger partial charge in [0.05, 0.1) is 16.3 Å². The summed E-state index contributed by atoms with van der Waals surface area (Å²) in [6.45, 7) is 1.41. The largest absolute Gasteiger partial charge is 0.454 e. The molecule has 10 heteroatoms. The molecule has 0 aliphatic rings. The lowest BCUT2D eigenvalue weighted by Gasteiger charge is -2.23. The van der Waals surface area contributed by atoms with Gasteiger partial charge in [0.15, 0.2) is 6.61 Å². The van der Waals surface area contributed by atoms with Gasteiger partial charge in [0, 0.05) is 7.05 Å². The van der Waals surface area contributed by atoms with Gasteiger partial charge in [0.25, 0.3) is 5.91 Å². The molecule has 0 N–H and O–H groups in total. The lowest BCUT2D eigenvalue weighted by atomic mass is 10.3. The predicted octanol–water partition coefficient (Wildman–Crippen LogP) is 1.05. The molecule has 1 amide bonds. The van der Waals surface area contributed by atoms with E-state index in [1.165, 1.54) is 15.9 Å². The van der Waals surface area contributed by atoms with E-state index < -0.39 is 5.97 Å². The van der Waals surface area contributed by atoms with E-state index in [4.69, 9.17) is 4.74 Å². The lowest BCUT2D eigenvalue weighted by molar-refractivity contribution is -0.153. The Morgan fingerprint density at radius 3 is 2.88 bits per heavy atom. The van der Waals surface area contributed by atoms with Crippen LogP contribution >= 0.6 is 11.3 Å². The molecule has 130 valence electrons. The summed E-state index contributed by atoms with van der Waals surface area (Å²) in [5.41, 5.74) is 0.906. The van der Waals surface area contributed by atoms with Crippen molar-refractivity contribution in [2.24, 2.45) is 0 Å². The third kappa shape index (κ3) is 3.97. The topological polar surface area (TPSA) is 103 Å². The maximum absolute atomic E-state index is 12.3. The van der Waals surface area contributed by atoms with Gasteiger partial charge in [-0.05, 0) is 29.5 Å². The zero-order chi connectivity index (χ0) is 17.8. The number of carbonyl (C=O) groups excluding carboxylic acids is 2. The van der Waals surface area contributed by atoms with Crippen LogP contribution in [0, 0.1) is 0 Å². The highest BCUT2D eigenvalue weighted by Gasteiger charge is 2.21. The van der Waals surface area contributed by atoms with E-state index in [2.05, 4.69) is 20.5 Å². The van der Waals surface area contributed by atoms with Crippen molar-refractivity contribution in [1.29, 1.82) is 0 Å². The molecule has 0 unspecified atom stereocenters. The van der Waals surface area contributed by atoms with Gasteiger partial charge >= 0.3 is 5.97 Å². The fourth-order valence-electron chi connectivity index (χ4n) is 2.13. The molecule has 0 fully saturated rings. The monoisotopic (exact) mass is 360 g/mol. The second-order valence-electron chi connectivity index (χ2n) is 5.37. The minimum atomic E-state index is -0.582. The number of tetrazole rings is 1. The third-order valence-electron chi connectivity index (χ3n) is 3.68. The molecule has 9 nitrogen and oxygen atoms in total. The van der Waals surface area contributed by atoms with Crippen molar-refractivity contribution < 1.29 is 14.3 Å². The van der Waals surface area contributed by atoms with Gasteiger partial charge in [0.2, 0.25) is 0 Å². The Hall–Kier alpha value is -2.88. The van der Waals surface area contributed by atoms with Gasteiger partial charge in [-0.25, -0.2) is 9.67 Å². The van der Waals surface area contributed by atoms with E-state index >= 15 is 0 Å². The number of nitrogens with zero attached hydrogens (tertiary/aromatic N) is 6. The zero-order valence-electron chi connectivity index (χ0n) is 13.7. The van der Waals surface area contributed by atoms with E-state index in [9.17, 15) is 9.59 Å². The van der Waals surface area contributed by atoms with Gasteiger partial charge < -0.3 is 9.64 Å². The number of para-hydroxylation sites is 1. The number of thiazole rings is 1. The molecule has 25 heavy (non-hydrogen) atoms. The normalized spacial score (nSPS) is 12.1. The van der Waals surface area contributed by atoms with Crippen LogP contribution in [0.2, 0.25) is 0 Å². The number of esters is 1. The second-order valence-corrected chi connectivity index (χ2v) is 6.43. The maximum Gasteiger partial charge on any atom is 0.328 e. The Bertz CT molecular complexity index is 845. The number of rotatable bonds is 6. The average molecular weight is 360 g/mol. The summed E-state index contributed by atoms with van der Waals surface area (Å²) >= 11 is 1.54. The Balaban J connectivity index is 1.56. The van der Waals surface area contributed by atoms with Crippen molar-refractivity contribution in [2.75, 3.05) is 13.7 Å². The lowest BCUT2D eigenvalue weighted by Crippen LogP contribution is -2.33. The summed E-state index contributed by atoms with van der Waals surface area (Å²) in [5, 5.41) is 11.2. The first kappa shape index (κ1) is 17.0. The highest BCUT2D eigenvalue weighted by molar-refractivity contribution is 7.18. The maximum atomic E-state index is 12.3. The number of amides is 1. The molecular weight excluding hydrogens is 344 g/mol. The fourth-order valence-corrected chi connectivity index (χ4v) is 3.19. The Labute approximate surface area is 147 Å². The van der Waals surface area contributed by atoms with Crippen LogP contribution in [0.5, 0.6) is 0 Å². The number of ether oxygens (including phenoxy) is 1. The summed E-state index contributed by atoms with van der Waals surface area (Å²) < 4.78 is 7.27. The fraction of sp³-hybridized carbons (Fsp3) is 0.333.